The average Bonchev–Trinajstić information content (AvgIpc) is 2.70. The van der Waals surface area contributed by atoms with Crippen molar-refractivity contribution < 1.29 is 19.0 Å². The first kappa shape index (κ1) is 20.5. The Hall–Kier alpha value is -2.79. The standard InChI is InChI=1S/C22H27NO4/c1-4-8-17-11-12-20(21(13-17)25-3)27-16-22(24)23-14-18-9-6-7-10-19(18)15-26-5-2/h4,6-7,9-13H,1,5,8,14-16H2,2-3H3,(H,23,24). The fourth-order valence-corrected chi connectivity index (χ4v) is 2.60. The molecule has 5 heteroatoms. The van der Waals surface area contributed by atoms with E-state index in [0.29, 0.717) is 31.3 Å². The molecule has 144 valence electrons. The van der Waals surface area contributed by atoms with Crippen LogP contribution in [0.1, 0.15) is 23.6 Å². The minimum atomic E-state index is -0.196. The van der Waals surface area contributed by atoms with Crippen LogP contribution in [-0.4, -0.2) is 26.2 Å². The van der Waals surface area contributed by atoms with Gasteiger partial charge in [0.15, 0.2) is 18.1 Å². The number of hydrogen-bond acceptors (Lipinski definition) is 4. The summed E-state index contributed by atoms with van der Waals surface area (Å²) in [5.74, 6) is 0.944. The maximum atomic E-state index is 12.2. The number of amides is 1. The van der Waals surface area contributed by atoms with E-state index in [0.717, 1.165) is 23.1 Å². The molecule has 0 radical (unpaired) electrons. The minimum absolute atomic E-state index is 0.0786. The van der Waals surface area contributed by atoms with Gasteiger partial charge in [-0.1, -0.05) is 36.4 Å². The van der Waals surface area contributed by atoms with E-state index in [1.165, 1.54) is 0 Å². The van der Waals surface area contributed by atoms with Crippen LogP contribution in [0.3, 0.4) is 0 Å². The third-order valence-electron chi connectivity index (χ3n) is 4.02. The Balaban J connectivity index is 1.89. The van der Waals surface area contributed by atoms with Gasteiger partial charge in [-0.2, -0.15) is 0 Å². The molecule has 0 heterocycles. The second-order valence-corrected chi connectivity index (χ2v) is 5.95. The van der Waals surface area contributed by atoms with Crippen LogP contribution in [0, 0.1) is 0 Å². The Kier molecular flexibility index (Phi) is 8.39. The molecule has 2 aromatic rings. The zero-order chi connectivity index (χ0) is 19.5. The second-order valence-electron chi connectivity index (χ2n) is 5.95. The van der Waals surface area contributed by atoms with Crippen LogP contribution in [0.2, 0.25) is 0 Å². The first-order valence-corrected chi connectivity index (χ1v) is 8.99. The highest BCUT2D eigenvalue weighted by Gasteiger charge is 2.09. The Morgan fingerprint density at radius 1 is 1.15 bits per heavy atom. The fraction of sp³-hybridized carbons (Fsp3) is 0.318. The number of benzene rings is 2. The van der Waals surface area contributed by atoms with Crippen molar-refractivity contribution in [2.24, 2.45) is 0 Å². The third kappa shape index (κ3) is 6.46. The van der Waals surface area contributed by atoms with Gasteiger partial charge in [0.05, 0.1) is 13.7 Å². The molecule has 1 N–H and O–H groups in total. The lowest BCUT2D eigenvalue weighted by Crippen LogP contribution is -2.28. The molecule has 27 heavy (non-hydrogen) atoms. The topological polar surface area (TPSA) is 56.8 Å². The molecule has 0 aliphatic carbocycles. The first-order chi connectivity index (χ1) is 13.2. The maximum Gasteiger partial charge on any atom is 0.258 e. The van der Waals surface area contributed by atoms with Crippen molar-refractivity contribution in [3.63, 3.8) is 0 Å². The van der Waals surface area contributed by atoms with Crippen molar-refractivity contribution in [3.05, 3.63) is 71.8 Å². The van der Waals surface area contributed by atoms with Crippen LogP contribution in [0.4, 0.5) is 0 Å². The lowest BCUT2D eigenvalue weighted by molar-refractivity contribution is -0.123. The molecule has 0 spiro atoms. The molecule has 5 nitrogen and oxygen atoms in total. The predicted octanol–water partition coefficient (Wildman–Crippen LogP) is 3.66. The molecular weight excluding hydrogens is 342 g/mol. The van der Waals surface area contributed by atoms with Gasteiger partial charge in [0.1, 0.15) is 0 Å². The number of methoxy groups -OCH3 is 1. The lowest BCUT2D eigenvalue weighted by Gasteiger charge is -2.13. The van der Waals surface area contributed by atoms with Crippen LogP contribution in [0.5, 0.6) is 11.5 Å². The summed E-state index contributed by atoms with van der Waals surface area (Å²) in [6.07, 6.45) is 2.57. The molecule has 0 aliphatic rings. The van der Waals surface area contributed by atoms with E-state index in [2.05, 4.69) is 11.9 Å². The Morgan fingerprint density at radius 3 is 2.63 bits per heavy atom. The van der Waals surface area contributed by atoms with E-state index in [1.807, 2.05) is 55.5 Å². The number of hydrogen-bond donors (Lipinski definition) is 1. The monoisotopic (exact) mass is 369 g/mol. The van der Waals surface area contributed by atoms with Crippen LogP contribution in [-0.2, 0) is 29.1 Å². The van der Waals surface area contributed by atoms with Crippen molar-refractivity contribution in [1.82, 2.24) is 5.32 Å². The fourth-order valence-electron chi connectivity index (χ4n) is 2.60. The largest absolute Gasteiger partial charge is 0.493 e. The molecule has 0 saturated heterocycles. The van der Waals surface area contributed by atoms with E-state index in [-0.39, 0.29) is 12.5 Å². The quantitative estimate of drug-likeness (QED) is 0.614. The van der Waals surface area contributed by atoms with Crippen molar-refractivity contribution >= 4 is 5.91 Å². The molecule has 0 aliphatic heterocycles. The van der Waals surface area contributed by atoms with Gasteiger partial charge in [0.25, 0.3) is 5.91 Å². The molecule has 1 amide bonds. The third-order valence-corrected chi connectivity index (χ3v) is 4.02. The summed E-state index contributed by atoms with van der Waals surface area (Å²) in [4.78, 5) is 12.2. The van der Waals surface area contributed by atoms with Gasteiger partial charge in [-0.25, -0.2) is 0 Å². The van der Waals surface area contributed by atoms with Crippen LogP contribution in [0.15, 0.2) is 55.1 Å². The van der Waals surface area contributed by atoms with Gasteiger partial charge >= 0.3 is 0 Å². The van der Waals surface area contributed by atoms with Gasteiger partial charge < -0.3 is 19.5 Å². The van der Waals surface area contributed by atoms with Gasteiger partial charge in [-0.3, -0.25) is 4.79 Å². The number of rotatable bonds is 11. The summed E-state index contributed by atoms with van der Waals surface area (Å²) < 4.78 is 16.4. The number of ether oxygens (including phenoxy) is 3. The highest BCUT2D eigenvalue weighted by molar-refractivity contribution is 5.77. The highest BCUT2D eigenvalue weighted by atomic mass is 16.5. The predicted molar refractivity (Wildman–Crippen MR) is 106 cm³/mol. The zero-order valence-electron chi connectivity index (χ0n) is 16.0. The molecule has 2 rings (SSSR count). The zero-order valence-corrected chi connectivity index (χ0v) is 16.0. The van der Waals surface area contributed by atoms with Gasteiger partial charge in [-0.15, -0.1) is 6.58 Å². The minimum Gasteiger partial charge on any atom is -0.493 e. The molecule has 0 bridgehead atoms. The summed E-state index contributed by atoms with van der Waals surface area (Å²) >= 11 is 0. The number of allylic oxidation sites excluding steroid dienone is 1. The van der Waals surface area contributed by atoms with Crippen molar-refractivity contribution in [3.8, 4) is 11.5 Å². The highest BCUT2D eigenvalue weighted by Crippen LogP contribution is 2.28. The molecule has 0 atom stereocenters. The summed E-state index contributed by atoms with van der Waals surface area (Å²) in [6, 6.07) is 13.5. The molecule has 2 aromatic carbocycles. The van der Waals surface area contributed by atoms with Crippen LogP contribution >= 0.6 is 0 Å². The Morgan fingerprint density at radius 2 is 1.93 bits per heavy atom. The summed E-state index contributed by atoms with van der Waals surface area (Å²) in [5.41, 5.74) is 3.18. The Labute approximate surface area is 161 Å². The maximum absolute atomic E-state index is 12.2. The van der Waals surface area contributed by atoms with Crippen molar-refractivity contribution in [2.45, 2.75) is 26.5 Å². The normalized spacial score (nSPS) is 10.3. The van der Waals surface area contributed by atoms with Crippen molar-refractivity contribution in [2.75, 3.05) is 20.3 Å². The molecular formula is C22H27NO4. The van der Waals surface area contributed by atoms with E-state index < -0.39 is 0 Å². The number of nitrogens with one attached hydrogen (secondary N) is 1. The molecule has 0 fully saturated rings. The van der Waals surface area contributed by atoms with E-state index in [9.17, 15) is 4.79 Å². The summed E-state index contributed by atoms with van der Waals surface area (Å²) in [5, 5.41) is 2.88. The molecule has 0 aromatic heterocycles. The average molecular weight is 369 g/mol. The van der Waals surface area contributed by atoms with Crippen molar-refractivity contribution in [1.29, 1.82) is 0 Å². The van der Waals surface area contributed by atoms with Gasteiger partial charge in [0, 0.05) is 13.2 Å². The lowest BCUT2D eigenvalue weighted by atomic mass is 10.1. The molecule has 0 saturated carbocycles. The summed E-state index contributed by atoms with van der Waals surface area (Å²) in [6.45, 7) is 7.23. The van der Waals surface area contributed by atoms with E-state index in [4.69, 9.17) is 14.2 Å². The Bertz CT molecular complexity index is 758. The first-order valence-electron chi connectivity index (χ1n) is 8.99. The number of carbonyl (C=O) groups is 1. The van der Waals surface area contributed by atoms with Crippen LogP contribution in [0.25, 0.3) is 0 Å². The van der Waals surface area contributed by atoms with E-state index >= 15 is 0 Å². The SMILES string of the molecule is C=CCc1ccc(OCC(=O)NCc2ccccc2COCC)c(OC)c1. The van der Waals surface area contributed by atoms with Crippen LogP contribution < -0.4 is 14.8 Å². The number of carbonyl (C=O) groups excluding carboxylic acids is 1. The smallest absolute Gasteiger partial charge is 0.258 e. The molecule has 0 unspecified atom stereocenters. The second kappa shape index (κ2) is 11.0. The van der Waals surface area contributed by atoms with Gasteiger partial charge in [-0.05, 0) is 42.2 Å². The van der Waals surface area contributed by atoms with E-state index in [1.54, 1.807) is 7.11 Å². The van der Waals surface area contributed by atoms with Gasteiger partial charge in [0.2, 0.25) is 0 Å². The summed E-state index contributed by atoms with van der Waals surface area (Å²) in [7, 11) is 1.58.